The molecule has 1 aromatic rings. The molecule has 0 unspecified atom stereocenters. The Labute approximate surface area is 130 Å². The highest BCUT2D eigenvalue weighted by molar-refractivity contribution is 6.33. The van der Waals surface area contributed by atoms with Gasteiger partial charge in [0.15, 0.2) is 5.78 Å². The molecule has 0 saturated carbocycles. The Morgan fingerprint density at radius 3 is 2.52 bits per heavy atom. The van der Waals surface area contributed by atoms with Gasteiger partial charge in [-0.2, -0.15) is 0 Å². The van der Waals surface area contributed by atoms with E-state index in [4.69, 9.17) is 16.3 Å². The molecule has 4 nitrogen and oxygen atoms in total. The fourth-order valence-corrected chi connectivity index (χ4v) is 2.90. The van der Waals surface area contributed by atoms with Crippen LogP contribution in [0.25, 0.3) is 0 Å². The molecule has 0 spiro atoms. The zero-order valence-electron chi connectivity index (χ0n) is 12.4. The molecule has 0 amide bonds. The van der Waals surface area contributed by atoms with Gasteiger partial charge < -0.3 is 9.64 Å². The van der Waals surface area contributed by atoms with Crippen LogP contribution in [0.5, 0.6) is 0 Å². The second-order valence-corrected chi connectivity index (χ2v) is 5.64. The number of hydrogen-bond donors (Lipinski definition) is 0. The van der Waals surface area contributed by atoms with Crippen LogP contribution in [-0.2, 0) is 9.53 Å². The normalized spacial score (nSPS) is 15.9. The third kappa shape index (κ3) is 3.76. The molecule has 0 aromatic heterocycles. The summed E-state index contributed by atoms with van der Waals surface area (Å²) in [4.78, 5) is 25.2. The molecular weight excluding hydrogens is 290 g/mol. The second kappa shape index (κ2) is 6.94. The molecule has 1 aliphatic heterocycles. The SMILES string of the molecule is CCOC(=O)C1CCN(c2ccc(C(C)=O)cc2Cl)CC1. The van der Waals surface area contributed by atoms with E-state index in [9.17, 15) is 9.59 Å². The summed E-state index contributed by atoms with van der Waals surface area (Å²) in [5, 5.41) is 0.581. The lowest BCUT2D eigenvalue weighted by Crippen LogP contribution is -2.37. The number of esters is 1. The van der Waals surface area contributed by atoms with Gasteiger partial charge in [0.05, 0.1) is 23.2 Å². The maximum atomic E-state index is 11.7. The Morgan fingerprint density at radius 1 is 1.33 bits per heavy atom. The second-order valence-electron chi connectivity index (χ2n) is 5.24. The molecule has 0 radical (unpaired) electrons. The van der Waals surface area contributed by atoms with Crippen molar-refractivity contribution in [2.45, 2.75) is 26.7 Å². The predicted molar refractivity (Wildman–Crippen MR) is 83.0 cm³/mol. The maximum absolute atomic E-state index is 11.7. The van der Waals surface area contributed by atoms with E-state index in [1.165, 1.54) is 6.92 Å². The van der Waals surface area contributed by atoms with Gasteiger partial charge in [0, 0.05) is 18.7 Å². The van der Waals surface area contributed by atoms with Crippen molar-refractivity contribution in [3.8, 4) is 0 Å². The molecule has 0 atom stereocenters. The molecule has 21 heavy (non-hydrogen) atoms. The maximum Gasteiger partial charge on any atom is 0.309 e. The first-order chi connectivity index (χ1) is 10.0. The van der Waals surface area contributed by atoms with Crippen LogP contribution in [0.2, 0.25) is 5.02 Å². The van der Waals surface area contributed by atoms with Crippen LogP contribution in [0.3, 0.4) is 0 Å². The molecule has 2 rings (SSSR count). The standard InChI is InChI=1S/C16H20ClNO3/c1-3-21-16(20)12-6-8-18(9-7-12)15-5-4-13(11(2)19)10-14(15)17/h4-5,10,12H,3,6-9H2,1-2H3. The van der Waals surface area contributed by atoms with Crippen LogP contribution in [0.4, 0.5) is 5.69 Å². The number of carbonyl (C=O) groups is 2. The Hall–Kier alpha value is -1.55. The minimum atomic E-state index is -0.102. The van der Waals surface area contributed by atoms with E-state index < -0.39 is 0 Å². The number of ether oxygens (including phenoxy) is 1. The van der Waals surface area contributed by atoms with Crippen LogP contribution in [0.15, 0.2) is 18.2 Å². The fraction of sp³-hybridized carbons (Fsp3) is 0.500. The van der Waals surface area contributed by atoms with Gasteiger partial charge in [-0.3, -0.25) is 9.59 Å². The van der Waals surface area contributed by atoms with E-state index in [0.717, 1.165) is 31.6 Å². The largest absolute Gasteiger partial charge is 0.466 e. The smallest absolute Gasteiger partial charge is 0.309 e. The lowest BCUT2D eigenvalue weighted by atomic mass is 9.96. The first-order valence-corrected chi connectivity index (χ1v) is 7.62. The fourth-order valence-electron chi connectivity index (χ4n) is 2.60. The highest BCUT2D eigenvalue weighted by Gasteiger charge is 2.26. The average molecular weight is 310 g/mol. The van der Waals surface area contributed by atoms with Crippen molar-refractivity contribution in [2.24, 2.45) is 5.92 Å². The lowest BCUT2D eigenvalue weighted by Gasteiger charge is -2.33. The summed E-state index contributed by atoms with van der Waals surface area (Å²) in [6.07, 6.45) is 1.53. The molecule has 1 aliphatic rings. The van der Waals surface area contributed by atoms with E-state index in [1.54, 1.807) is 12.1 Å². The number of rotatable bonds is 4. The number of carbonyl (C=O) groups excluding carboxylic acids is 2. The first kappa shape index (κ1) is 15.8. The van der Waals surface area contributed by atoms with Gasteiger partial charge in [-0.1, -0.05) is 11.6 Å². The number of Topliss-reactive ketones (excluding diaryl/α,β-unsaturated/α-hetero) is 1. The van der Waals surface area contributed by atoms with Crippen molar-refractivity contribution in [3.05, 3.63) is 28.8 Å². The minimum Gasteiger partial charge on any atom is -0.466 e. The van der Waals surface area contributed by atoms with Crippen LogP contribution >= 0.6 is 11.6 Å². The van der Waals surface area contributed by atoms with Gasteiger partial charge in [-0.05, 0) is 44.9 Å². The Balaban J connectivity index is 2.02. The van der Waals surface area contributed by atoms with Crippen molar-refractivity contribution in [2.75, 3.05) is 24.6 Å². The molecule has 1 aromatic carbocycles. The molecule has 0 N–H and O–H groups in total. The number of piperidine rings is 1. The Bertz CT molecular complexity index is 536. The van der Waals surface area contributed by atoms with E-state index >= 15 is 0 Å². The van der Waals surface area contributed by atoms with Gasteiger partial charge in [0.2, 0.25) is 0 Å². The van der Waals surface area contributed by atoms with E-state index in [2.05, 4.69) is 4.90 Å². The van der Waals surface area contributed by atoms with Crippen molar-refractivity contribution in [3.63, 3.8) is 0 Å². The van der Waals surface area contributed by atoms with E-state index in [0.29, 0.717) is 17.2 Å². The third-order valence-electron chi connectivity index (χ3n) is 3.81. The van der Waals surface area contributed by atoms with Crippen molar-refractivity contribution in [1.82, 2.24) is 0 Å². The summed E-state index contributed by atoms with van der Waals surface area (Å²) in [5.41, 5.74) is 1.54. The molecular formula is C16H20ClNO3. The first-order valence-electron chi connectivity index (χ1n) is 7.25. The quantitative estimate of drug-likeness (QED) is 0.632. The number of nitrogens with zero attached hydrogens (tertiary/aromatic N) is 1. The number of ketones is 1. The summed E-state index contributed by atoms with van der Waals surface area (Å²) in [6, 6.07) is 5.38. The molecule has 0 bridgehead atoms. The number of hydrogen-bond acceptors (Lipinski definition) is 4. The summed E-state index contributed by atoms with van der Waals surface area (Å²) in [5.74, 6) is -0.115. The van der Waals surface area contributed by atoms with E-state index in [1.807, 2.05) is 13.0 Å². The lowest BCUT2D eigenvalue weighted by molar-refractivity contribution is -0.148. The molecule has 114 valence electrons. The minimum absolute atomic E-state index is 0.00414. The molecule has 1 saturated heterocycles. The summed E-state index contributed by atoms with van der Waals surface area (Å²) in [6.45, 7) is 5.31. The third-order valence-corrected chi connectivity index (χ3v) is 4.11. The van der Waals surface area contributed by atoms with Crippen LogP contribution in [-0.4, -0.2) is 31.4 Å². The molecule has 1 heterocycles. The van der Waals surface area contributed by atoms with Crippen molar-refractivity contribution >= 4 is 29.0 Å². The number of benzene rings is 1. The Morgan fingerprint density at radius 2 is 2.00 bits per heavy atom. The average Bonchev–Trinajstić information content (AvgIpc) is 2.47. The van der Waals surface area contributed by atoms with E-state index in [-0.39, 0.29) is 17.7 Å². The highest BCUT2D eigenvalue weighted by Crippen LogP contribution is 2.31. The zero-order chi connectivity index (χ0) is 15.4. The van der Waals surface area contributed by atoms with Gasteiger partial charge in [-0.15, -0.1) is 0 Å². The summed E-state index contributed by atoms with van der Waals surface area (Å²) >= 11 is 6.27. The topological polar surface area (TPSA) is 46.6 Å². The number of halogens is 1. The van der Waals surface area contributed by atoms with Crippen LogP contribution < -0.4 is 4.90 Å². The molecule has 5 heteroatoms. The van der Waals surface area contributed by atoms with Gasteiger partial charge in [0.1, 0.15) is 0 Å². The van der Waals surface area contributed by atoms with Crippen LogP contribution in [0, 0.1) is 5.92 Å². The predicted octanol–water partition coefficient (Wildman–Crippen LogP) is 3.32. The van der Waals surface area contributed by atoms with Crippen LogP contribution in [0.1, 0.15) is 37.0 Å². The zero-order valence-corrected chi connectivity index (χ0v) is 13.2. The molecule has 1 fully saturated rings. The van der Waals surface area contributed by atoms with Crippen molar-refractivity contribution in [1.29, 1.82) is 0 Å². The summed E-state index contributed by atoms with van der Waals surface area (Å²) in [7, 11) is 0. The Kier molecular flexibility index (Phi) is 5.23. The van der Waals surface area contributed by atoms with Gasteiger partial charge in [-0.25, -0.2) is 0 Å². The van der Waals surface area contributed by atoms with Crippen molar-refractivity contribution < 1.29 is 14.3 Å². The number of anilines is 1. The monoisotopic (exact) mass is 309 g/mol. The summed E-state index contributed by atoms with van der Waals surface area (Å²) < 4.78 is 5.07. The van der Waals surface area contributed by atoms with Gasteiger partial charge >= 0.3 is 5.97 Å². The molecule has 0 aliphatic carbocycles. The van der Waals surface area contributed by atoms with Gasteiger partial charge in [0.25, 0.3) is 0 Å². The highest BCUT2D eigenvalue weighted by atomic mass is 35.5.